The Morgan fingerprint density at radius 2 is 0.683 bits per heavy atom. The molecular weight excluding hydrogens is 569 g/mol. The van der Waals surface area contributed by atoms with E-state index in [1.54, 1.807) is 27.7 Å². The molecule has 3 saturated heterocycles. The summed E-state index contributed by atoms with van der Waals surface area (Å²) in [6, 6.07) is -2.70. The molecule has 0 bridgehead atoms. The normalized spacial score (nSPS) is 29.0. The maximum absolute atomic E-state index is 12.6. The fraction of sp³-hybridized carbons (Fsp3) is 0.963. The summed E-state index contributed by atoms with van der Waals surface area (Å²) in [5.41, 5.74) is -5.20. The minimum atomic E-state index is -5.26. The largest absolute Gasteiger partial charge is 0.454 e. The number of carbonyl (C=O) groups excluding carboxylic acids is 1. The van der Waals surface area contributed by atoms with E-state index in [2.05, 4.69) is 37.2 Å². The van der Waals surface area contributed by atoms with Crippen LogP contribution in [-0.2, 0) is 33.2 Å². The lowest BCUT2D eigenvalue weighted by Gasteiger charge is -2.30. The van der Waals surface area contributed by atoms with Crippen molar-refractivity contribution in [3.05, 3.63) is 0 Å². The van der Waals surface area contributed by atoms with Crippen molar-refractivity contribution < 1.29 is 63.9 Å². The van der Waals surface area contributed by atoms with Crippen molar-refractivity contribution in [1.29, 1.82) is 0 Å². The van der Waals surface area contributed by atoms with Gasteiger partial charge in [0.1, 0.15) is 0 Å². The van der Waals surface area contributed by atoms with Crippen LogP contribution in [0, 0.1) is 0 Å². The minimum Gasteiger partial charge on any atom is -0.342 e. The average molecular weight is 615 g/mol. The summed E-state index contributed by atoms with van der Waals surface area (Å²) in [5.74, 6) is -6.74. The zero-order valence-electron chi connectivity index (χ0n) is 26.5. The number of rotatable bonds is 1. The second-order valence-electron chi connectivity index (χ2n) is 13.9. The molecule has 41 heavy (non-hydrogen) atoms. The highest BCUT2D eigenvalue weighted by atomic mass is 19.4. The van der Waals surface area contributed by atoms with Crippen LogP contribution in [0.4, 0.5) is 30.7 Å². The highest BCUT2D eigenvalue weighted by molar-refractivity contribution is 5.78. The van der Waals surface area contributed by atoms with Crippen molar-refractivity contribution in [3.63, 3.8) is 0 Å². The first-order valence-corrected chi connectivity index (χ1v) is 13.0. The van der Waals surface area contributed by atoms with Gasteiger partial charge in [0.25, 0.3) is 5.79 Å². The predicted octanol–water partition coefficient (Wildman–Crippen LogP) is 7.54. The Kier molecular flexibility index (Phi) is 9.49. The summed E-state index contributed by atoms with van der Waals surface area (Å²) in [6.45, 7) is 24.6. The lowest BCUT2D eigenvalue weighted by Crippen LogP contribution is -2.53. The van der Waals surface area contributed by atoms with E-state index in [4.69, 9.17) is 18.9 Å². The second-order valence-corrected chi connectivity index (χ2v) is 13.9. The van der Waals surface area contributed by atoms with E-state index in [9.17, 15) is 35.5 Å². The number of ether oxygens (including phenoxy) is 6. The summed E-state index contributed by atoms with van der Waals surface area (Å²) in [6.07, 6.45) is -9.78. The Bertz CT molecular complexity index is 927. The average Bonchev–Trinajstić information content (AvgIpc) is 3.01. The van der Waals surface area contributed by atoms with Crippen LogP contribution < -0.4 is 0 Å². The van der Waals surface area contributed by atoms with Crippen molar-refractivity contribution in [2.45, 2.75) is 167 Å². The maximum atomic E-state index is 12.6. The first kappa shape index (κ1) is 38.0. The van der Waals surface area contributed by atoms with E-state index in [-0.39, 0.29) is 11.2 Å². The van der Waals surface area contributed by atoms with Gasteiger partial charge in [-0.3, -0.25) is 4.79 Å². The Morgan fingerprint density at radius 1 is 0.439 bits per heavy atom. The van der Waals surface area contributed by atoms with E-state index in [0.29, 0.717) is 0 Å². The summed E-state index contributed by atoms with van der Waals surface area (Å²) in [5, 5.41) is 0. The van der Waals surface area contributed by atoms with Crippen molar-refractivity contribution in [1.82, 2.24) is 0 Å². The molecule has 14 heteroatoms. The molecule has 0 aromatic rings. The van der Waals surface area contributed by atoms with E-state index < -0.39 is 58.2 Å². The zero-order chi connectivity index (χ0) is 33.3. The standard InChI is InChI=1S/C9H12F4O3.C9H15F3O2.C9H18O2/c1-6(2)7(3,4)16-8(15-6,5(10)14)9(11,12)13;1-6(2)7(3,4)14-8(5,13-6)9(10,11)12;1-7(2)8(3,4)11-9(5,6)10-7/h1-4H3;1-5H3;1-6H3. The molecule has 0 saturated carbocycles. The summed E-state index contributed by atoms with van der Waals surface area (Å²) in [7, 11) is 0. The number of halogens is 7. The smallest absolute Gasteiger partial charge is 0.342 e. The summed E-state index contributed by atoms with van der Waals surface area (Å²) >= 11 is 0. The molecule has 0 unspecified atom stereocenters. The van der Waals surface area contributed by atoms with E-state index in [0.717, 1.165) is 6.92 Å². The monoisotopic (exact) mass is 614 g/mol. The third-order valence-electron chi connectivity index (χ3n) is 8.20. The lowest BCUT2D eigenvalue weighted by atomic mass is 9.90. The topological polar surface area (TPSA) is 72.5 Å². The number of carbonyl (C=O) groups is 1. The van der Waals surface area contributed by atoms with Gasteiger partial charge in [-0.25, -0.2) is 0 Å². The van der Waals surface area contributed by atoms with Crippen LogP contribution in [0.2, 0.25) is 0 Å². The number of alkyl halides is 6. The quantitative estimate of drug-likeness (QED) is 0.223. The highest BCUT2D eigenvalue weighted by Gasteiger charge is 2.74. The molecule has 3 aliphatic heterocycles. The molecular formula is C27H45F7O7. The van der Waals surface area contributed by atoms with Crippen molar-refractivity contribution in [2.75, 3.05) is 0 Å². The molecule has 244 valence electrons. The fourth-order valence-electron chi connectivity index (χ4n) is 4.14. The van der Waals surface area contributed by atoms with Crippen LogP contribution in [0.3, 0.4) is 0 Å². The minimum absolute atomic E-state index is 0.198. The Hall–Kier alpha value is -1.06. The first-order valence-electron chi connectivity index (χ1n) is 13.0. The van der Waals surface area contributed by atoms with Gasteiger partial charge in [0, 0.05) is 0 Å². The van der Waals surface area contributed by atoms with Gasteiger partial charge < -0.3 is 28.4 Å². The Labute approximate surface area is 237 Å². The SMILES string of the molecule is CC1(C)OC(C(=O)F)(C(F)(F)F)OC1(C)C.CC1(C)OC(C)(C(F)(F)F)OC1(C)C.CC1(C)OC(C)(C)C(C)(C)O1. The van der Waals surface area contributed by atoms with E-state index in [1.807, 2.05) is 13.8 Å². The van der Waals surface area contributed by atoms with Crippen molar-refractivity contribution >= 4 is 6.04 Å². The zero-order valence-corrected chi connectivity index (χ0v) is 26.5. The first-order chi connectivity index (χ1) is 17.4. The molecule has 3 fully saturated rings. The highest BCUT2D eigenvalue weighted by Crippen LogP contribution is 2.52. The van der Waals surface area contributed by atoms with Crippen LogP contribution in [0.25, 0.3) is 0 Å². The number of hydrogen-bond acceptors (Lipinski definition) is 7. The molecule has 0 radical (unpaired) electrons. The molecule has 0 amide bonds. The second kappa shape index (κ2) is 10.3. The van der Waals surface area contributed by atoms with Crippen LogP contribution in [0.15, 0.2) is 0 Å². The van der Waals surface area contributed by atoms with E-state index >= 15 is 0 Å². The Balaban J connectivity index is 0.000000313. The van der Waals surface area contributed by atoms with Gasteiger partial charge in [-0.2, -0.15) is 30.7 Å². The van der Waals surface area contributed by atoms with Crippen LogP contribution >= 0.6 is 0 Å². The third kappa shape index (κ3) is 7.19. The van der Waals surface area contributed by atoms with Gasteiger partial charge in [-0.1, -0.05) is 0 Å². The molecule has 7 nitrogen and oxygen atoms in total. The van der Waals surface area contributed by atoms with Crippen LogP contribution in [-0.4, -0.2) is 69.4 Å². The van der Waals surface area contributed by atoms with Gasteiger partial charge in [0.2, 0.25) is 0 Å². The number of hydrogen-bond donors (Lipinski definition) is 0. The molecule has 3 rings (SSSR count). The molecule has 0 aromatic carbocycles. The fourth-order valence-corrected chi connectivity index (χ4v) is 4.14. The van der Waals surface area contributed by atoms with Crippen molar-refractivity contribution in [3.8, 4) is 0 Å². The third-order valence-corrected chi connectivity index (χ3v) is 8.20. The van der Waals surface area contributed by atoms with Gasteiger partial charge in [0.15, 0.2) is 5.79 Å². The molecule has 0 aliphatic carbocycles. The maximum Gasteiger partial charge on any atom is 0.454 e. The Morgan fingerprint density at radius 3 is 0.805 bits per heavy atom. The molecule has 3 heterocycles. The van der Waals surface area contributed by atoms with E-state index in [1.165, 1.54) is 27.7 Å². The molecule has 0 aromatic heterocycles. The van der Waals surface area contributed by atoms with Gasteiger partial charge in [-0.05, 0) is 104 Å². The molecule has 0 spiro atoms. The molecule has 0 atom stereocenters. The van der Waals surface area contributed by atoms with Crippen molar-refractivity contribution in [2.24, 2.45) is 0 Å². The van der Waals surface area contributed by atoms with Crippen LogP contribution in [0.5, 0.6) is 0 Å². The lowest BCUT2D eigenvalue weighted by molar-refractivity contribution is -0.349. The summed E-state index contributed by atoms with van der Waals surface area (Å²) in [4.78, 5) is 10.6. The van der Waals surface area contributed by atoms with Gasteiger partial charge in [-0.15, -0.1) is 0 Å². The summed E-state index contributed by atoms with van der Waals surface area (Å²) < 4.78 is 119. The van der Waals surface area contributed by atoms with Gasteiger partial charge >= 0.3 is 24.2 Å². The van der Waals surface area contributed by atoms with Gasteiger partial charge in [0.05, 0.1) is 33.6 Å². The van der Waals surface area contributed by atoms with Crippen LogP contribution in [0.1, 0.15) is 104 Å². The predicted molar refractivity (Wildman–Crippen MR) is 134 cm³/mol. The molecule has 3 aliphatic rings. The molecule has 0 N–H and O–H groups in total.